The summed E-state index contributed by atoms with van der Waals surface area (Å²) in [5, 5.41) is 3.65. The van der Waals surface area contributed by atoms with Crippen molar-refractivity contribution in [2.45, 2.75) is 52.6 Å². The number of nitrogens with zero attached hydrogens (tertiary/aromatic N) is 1. The summed E-state index contributed by atoms with van der Waals surface area (Å²) in [7, 11) is 0. The van der Waals surface area contributed by atoms with Gasteiger partial charge >= 0.3 is 0 Å². The minimum atomic E-state index is 0.600. The highest BCUT2D eigenvalue weighted by molar-refractivity contribution is 5.50. The van der Waals surface area contributed by atoms with E-state index in [1.165, 1.54) is 42.7 Å². The summed E-state index contributed by atoms with van der Waals surface area (Å²) in [4.78, 5) is 2.52. The molecule has 0 radical (unpaired) electrons. The third-order valence-electron chi connectivity index (χ3n) is 3.92. The van der Waals surface area contributed by atoms with Crippen LogP contribution >= 0.6 is 0 Å². The first-order valence-corrected chi connectivity index (χ1v) is 7.14. The van der Waals surface area contributed by atoms with Crippen molar-refractivity contribution in [3.63, 3.8) is 0 Å². The zero-order valence-corrected chi connectivity index (χ0v) is 12.2. The lowest BCUT2D eigenvalue weighted by Crippen LogP contribution is -2.44. The van der Waals surface area contributed by atoms with Crippen molar-refractivity contribution in [1.82, 2.24) is 5.32 Å². The lowest BCUT2D eigenvalue weighted by Gasteiger charge is -2.35. The fraction of sp³-hybridized carbons (Fsp3) is 0.625. The van der Waals surface area contributed by atoms with Crippen molar-refractivity contribution in [2.24, 2.45) is 0 Å². The second-order valence-electron chi connectivity index (χ2n) is 5.85. The lowest BCUT2D eigenvalue weighted by molar-refractivity contribution is 0.387. The predicted molar refractivity (Wildman–Crippen MR) is 79.4 cm³/mol. The minimum Gasteiger partial charge on any atom is -0.371 e. The van der Waals surface area contributed by atoms with Gasteiger partial charge in [-0.1, -0.05) is 19.9 Å². The first-order valence-electron chi connectivity index (χ1n) is 7.14. The zero-order valence-electron chi connectivity index (χ0n) is 12.2. The smallest absolute Gasteiger partial charge is 0.0369 e. The second-order valence-corrected chi connectivity index (χ2v) is 5.85. The van der Waals surface area contributed by atoms with Gasteiger partial charge in [0.2, 0.25) is 0 Å². The fourth-order valence-electron chi connectivity index (χ4n) is 2.70. The summed E-state index contributed by atoms with van der Waals surface area (Å²) in [5.41, 5.74) is 4.17. The maximum absolute atomic E-state index is 3.65. The lowest BCUT2D eigenvalue weighted by atomic mass is 10.0. The number of anilines is 1. The standard InChI is InChI=1S/C16H26N2/c1-12(2)17-15-7-9-18(10-8-15)16-6-5-13(3)14(4)11-16/h5-6,11-12,15,17H,7-10H2,1-4H3. The number of piperidine rings is 1. The van der Waals surface area contributed by atoms with Gasteiger partial charge in [0.05, 0.1) is 0 Å². The van der Waals surface area contributed by atoms with E-state index in [4.69, 9.17) is 0 Å². The molecule has 0 saturated carbocycles. The van der Waals surface area contributed by atoms with Gasteiger partial charge in [-0.3, -0.25) is 0 Å². The maximum atomic E-state index is 3.65. The monoisotopic (exact) mass is 246 g/mol. The highest BCUT2D eigenvalue weighted by Gasteiger charge is 2.19. The van der Waals surface area contributed by atoms with E-state index in [0.29, 0.717) is 12.1 Å². The molecule has 0 aliphatic carbocycles. The molecule has 0 spiro atoms. The van der Waals surface area contributed by atoms with Crippen LogP contribution in [0.4, 0.5) is 5.69 Å². The van der Waals surface area contributed by atoms with Gasteiger partial charge < -0.3 is 10.2 Å². The van der Waals surface area contributed by atoms with E-state index in [1.54, 1.807) is 0 Å². The number of hydrogen-bond acceptors (Lipinski definition) is 2. The van der Waals surface area contributed by atoms with Crippen LogP contribution in [0.1, 0.15) is 37.8 Å². The Hall–Kier alpha value is -1.02. The van der Waals surface area contributed by atoms with E-state index in [-0.39, 0.29) is 0 Å². The van der Waals surface area contributed by atoms with E-state index in [9.17, 15) is 0 Å². The average molecular weight is 246 g/mol. The molecule has 18 heavy (non-hydrogen) atoms. The highest BCUT2D eigenvalue weighted by Crippen LogP contribution is 2.22. The molecule has 0 unspecified atom stereocenters. The molecule has 1 N–H and O–H groups in total. The van der Waals surface area contributed by atoms with Crippen molar-refractivity contribution < 1.29 is 0 Å². The zero-order chi connectivity index (χ0) is 13.1. The van der Waals surface area contributed by atoms with Crippen LogP contribution in [0.15, 0.2) is 18.2 Å². The highest BCUT2D eigenvalue weighted by atomic mass is 15.1. The Morgan fingerprint density at radius 1 is 1.11 bits per heavy atom. The molecule has 2 rings (SSSR count). The Kier molecular flexibility index (Phi) is 4.28. The van der Waals surface area contributed by atoms with Gasteiger partial charge in [-0.2, -0.15) is 0 Å². The van der Waals surface area contributed by atoms with Gasteiger partial charge in [0.15, 0.2) is 0 Å². The molecule has 0 amide bonds. The Labute approximate surface area is 111 Å². The van der Waals surface area contributed by atoms with Crippen LogP contribution in [0.5, 0.6) is 0 Å². The average Bonchev–Trinajstić information content (AvgIpc) is 2.33. The molecular weight excluding hydrogens is 220 g/mol. The Bertz CT molecular complexity index is 390. The van der Waals surface area contributed by atoms with Gasteiger partial charge in [-0.25, -0.2) is 0 Å². The minimum absolute atomic E-state index is 0.600. The summed E-state index contributed by atoms with van der Waals surface area (Å²) < 4.78 is 0. The molecule has 1 heterocycles. The number of hydrogen-bond donors (Lipinski definition) is 1. The van der Waals surface area contributed by atoms with Gasteiger partial charge in [0.1, 0.15) is 0 Å². The number of rotatable bonds is 3. The van der Waals surface area contributed by atoms with Gasteiger partial charge in [0.25, 0.3) is 0 Å². The predicted octanol–water partition coefficient (Wildman–Crippen LogP) is 3.27. The number of aryl methyl sites for hydroxylation is 2. The molecule has 2 heteroatoms. The molecule has 1 aromatic carbocycles. The molecule has 100 valence electrons. The van der Waals surface area contributed by atoms with Crippen molar-refractivity contribution in [2.75, 3.05) is 18.0 Å². The van der Waals surface area contributed by atoms with Crippen molar-refractivity contribution in [1.29, 1.82) is 0 Å². The normalized spacial score (nSPS) is 17.5. The summed E-state index contributed by atoms with van der Waals surface area (Å²) in [5.74, 6) is 0. The molecule has 0 aromatic heterocycles. The molecule has 1 saturated heterocycles. The van der Waals surface area contributed by atoms with Crippen LogP contribution in [-0.4, -0.2) is 25.2 Å². The Balaban J connectivity index is 1.94. The van der Waals surface area contributed by atoms with Crippen LogP contribution in [0.2, 0.25) is 0 Å². The van der Waals surface area contributed by atoms with Crippen molar-refractivity contribution >= 4 is 5.69 Å². The third-order valence-corrected chi connectivity index (χ3v) is 3.92. The van der Waals surface area contributed by atoms with Crippen LogP contribution in [-0.2, 0) is 0 Å². The van der Waals surface area contributed by atoms with E-state index in [0.717, 1.165) is 0 Å². The van der Waals surface area contributed by atoms with Crippen LogP contribution < -0.4 is 10.2 Å². The number of nitrogens with one attached hydrogen (secondary N) is 1. The summed E-state index contributed by atoms with van der Waals surface area (Å²) >= 11 is 0. The van der Waals surface area contributed by atoms with Crippen LogP contribution in [0.25, 0.3) is 0 Å². The van der Waals surface area contributed by atoms with Gasteiger partial charge in [-0.15, -0.1) is 0 Å². The summed E-state index contributed by atoms with van der Waals surface area (Å²) in [6, 6.07) is 8.13. The van der Waals surface area contributed by atoms with E-state index < -0.39 is 0 Å². The first kappa shape index (κ1) is 13.4. The Morgan fingerprint density at radius 2 is 1.78 bits per heavy atom. The molecule has 0 atom stereocenters. The topological polar surface area (TPSA) is 15.3 Å². The first-order chi connectivity index (χ1) is 8.56. The molecule has 1 aliphatic rings. The van der Waals surface area contributed by atoms with Gasteiger partial charge in [-0.05, 0) is 49.9 Å². The molecule has 1 fully saturated rings. The van der Waals surface area contributed by atoms with Crippen molar-refractivity contribution in [3.05, 3.63) is 29.3 Å². The molecular formula is C16H26N2. The fourth-order valence-corrected chi connectivity index (χ4v) is 2.70. The molecule has 1 aromatic rings. The van der Waals surface area contributed by atoms with Crippen LogP contribution in [0, 0.1) is 13.8 Å². The summed E-state index contributed by atoms with van der Waals surface area (Å²) in [6.07, 6.45) is 2.51. The molecule has 1 aliphatic heterocycles. The quantitative estimate of drug-likeness (QED) is 0.880. The van der Waals surface area contributed by atoms with Crippen LogP contribution in [0.3, 0.4) is 0 Å². The molecule has 2 nitrogen and oxygen atoms in total. The third kappa shape index (κ3) is 3.26. The van der Waals surface area contributed by atoms with Crippen molar-refractivity contribution in [3.8, 4) is 0 Å². The second kappa shape index (κ2) is 5.75. The summed E-state index contributed by atoms with van der Waals surface area (Å²) in [6.45, 7) is 11.2. The van der Waals surface area contributed by atoms with Gasteiger partial charge in [0, 0.05) is 30.9 Å². The Morgan fingerprint density at radius 3 is 2.33 bits per heavy atom. The van der Waals surface area contributed by atoms with E-state index in [2.05, 4.69) is 56.1 Å². The molecule has 0 bridgehead atoms. The largest absolute Gasteiger partial charge is 0.371 e. The van der Waals surface area contributed by atoms with E-state index in [1.807, 2.05) is 0 Å². The number of benzene rings is 1. The SMILES string of the molecule is Cc1ccc(N2CCC(NC(C)C)CC2)cc1C. The van der Waals surface area contributed by atoms with E-state index >= 15 is 0 Å². The maximum Gasteiger partial charge on any atom is 0.0369 e.